The first-order chi connectivity index (χ1) is 8.75. The minimum absolute atomic E-state index is 0.710. The summed E-state index contributed by atoms with van der Waals surface area (Å²) in [4.78, 5) is 4.25. The smallest absolute Gasteiger partial charge is 0.167 e. The summed E-state index contributed by atoms with van der Waals surface area (Å²) in [5, 5.41) is 1.04. The fourth-order valence-electron chi connectivity index (χ4n) is 1.47. The van der Waals surface area contributed by atoms with Crippen LogP contribution in [0.4, 0.5) is 5.69 Å². The van der Waals surface area contributed by atoms with Crippen molar-refractivity contribution in [2.24, 2.45) is 7.05 Å². The van der Waals surface area contributed by atoms with Crippen molar-refractivity contribution >= 4 is 17.4 Å². The van der Waals surface area contributed by atoms with Crippen LogP contribution in [0.2, 0.25) is 0 Å². The highest BCUT2D eigenvalue weighted by Gasteiger charge is 1.99. The highest BCUT2D eigenvalue weighted by Crippen LogP contribution is 2.16. The van der Waals surface area contributed by atoms with E-state index in [1.807, 2.05) is 48.3 Å². The average Bonchev–Trinajstić information content (AvgIpc) is 2.77. The molecule has 2 N–H and O–H groups in total. The number of rotatable bonds is 6. The summed E-state index contributed by atoms with van der Waals surface area (Å²) in [7, 11) is 2.00. The van der Waals surface area contributed by atoms with Gasteiger partial charge in [-0.3, -0.25) is 0 Å². The zero-order chi connectivity index (χ0) is 12.8. The van der Waals surface area contributed by atoms with Gasteiger partial charge in [0.25, 0.3) is 0 Å². The molecule has 5 heteroatoms. The molecule has 2 aromatic rings. The summed E-state index contributed by atoms with van der Waals surface area (Å²) in [5.74, 6) is 1.87. The third-order valence-electron chi connectivity index (χ3n) is 2.45. The van der Waals surface area contributed by atoms with Gasteiger partial charge < -0.3 is 15.0 Å². The van der Waals surface area contributed by atoms with Crippen LogP contribution < -0.4 is 10.5 Å². The quantitative estimate of drug-likeness (QED) is 0.494. The van der Waals surface area contributed by atoms with Crippen LogP contribution in [-0.4, -0.2) is 21.9 Å². The summed E-state index contributed by atoms with van der Waals surface area (Å²) in [6.07, 6.45) is 4.75. The zero-order valence-corrected chi connectivity index (χ0v) is 11.2. The van der Waals surface area contributed by atoms with E-state index in [-0.39, 0.29) is 0 Å². The first-order valence-corrected chi connectivity index (χ1v) is 6.83. The molecule has 0 aliphatic heterocycles. The van der Waals surface area contributed by atoms with E-state index in [0.717, 1.165) is 28.8 Å². The number of nitrogens with zero attached hydrogens (tertiary/aromatic N) is 2. The van der Waals surface area contributed by atoms with Gasteiger partial charge in [0, 0.05) is 30.9 Å². The Balaban J connectivity index is 1.64. The maximum absolute atomic E-state index is 5.61. The Hall–Kier alpha value is -1.62. The molecule has 1 aromatic heterocycles. The number of nitrogens with two attached hydrogens (primary N) is 1. The van der Waals surface area contributed by atoms with E-state index in [9.17, 15) is 0 Å². The van der Waals surface area contributed by atoms with Gasteiger partial charge in [-0.15, -0.1) is 0 Å². The third kappa shape index (κ3) is 3.70. The van der Waals surface area contributed by atoms with Crippen LogP contribution in [0.3, 0.4) is 0 Å². The van der Waals surface area contributed by atoms with Gasteiger partial charge in [0.05, 0.1) is 6.61 Å². The number of thioether (sulfide) groups is 1. The normalized spacial score (nSPS) is 10.5. The number of imidazole rings is 1. The fourth-order valence-corrected chi connectivity index (χ4v) is 2.31. The molecule has 0 aliphatic carbocycles. The molecule has 2 rings (SSSR count). The second-order valence-electron chi connectivity index (χ2n) is 3.94. The van der Waals surface area contributed by atoms with E-state index in [1.165, 1.54) is 0 Å². The van der Waals surface area contributed by atoms with Crippen molar-refractivity contribution in [2.75, 3.05) is 18.1 Å². The Bertz CT molecular complexity index is 481. The molecule has 1 heterocycles. The van der Waals surface area contributed by atoms with Crippen molar-refractivity contribution in [2.45, 2.75) is 11.6 Å². The minimum Gasteiger partial charge on any atom is -0.494 e. The summed E-state index contributed by atoms with van der Waals surface area (Å²) >= 11 is 1.74. The highest BCUT2D eigenvalue weighted by molar-refractivity contribution is 7.99. The Labute approximate surface area is 111 Å². The van der Waals surface area contributed by atoms with Crippen molar-refractivity contribution in [1.29, 1.82) is 0 Å². The van der Waals surface area contributed by atoms with Crippen LogP contribution >= 0.6 is 11.8 Å². The first-order valence-electron chi connectivity index (χ1n) is 5.84. The second-order valence-corrected chi connectivity index (χ2v) is 5.00. The lowest BCUT2D eigenvalue weighted by Crippen LogP contribution is -1.99. The van der Waals surface area contributed by atoms with Gasteiger partial charge in [-0.2, -0.15) is 0 Å². The standard InChI is InChI=1S/C13H17N3OS/c1-16-8-7-15-13(16)18-10-2-9-17-12-5-3-11(14)4-6-12/h3-8H,2,9-10,14H2,1H3. The van der Waals surface area contributed by atoms with Crippen LogP contribution in [-0.2, 0) is 7.05 Å². The van der Waals surface area contributed by atoms with Crippen molar-refractivity contribution in [3.63, 3.8) is 0 Å². The molecule has 4 nitrogen and oxygen atoms in total. The topological polar surface area (TPSA) is 53.1 Å². The maximum Gasteiger partial charge on any atom is 0.167 e. The van der Waals surface area contributed by atoms with Gasteiger partial charge >= 0.3 is 0 Å². The molecule has 0 saturated heterocycles. The molecule has 18 heavy (non-hydrogen) atoms. The molecule has 0 bridgehead atoms. The van der Waals surface area contributed by atoms with Crippen molar-refractivity contribution in [3.8, 4) is 5.75 Å². The number of hydrogen-bond acceptors (Lipinski definition) is 4. The van der Waals surface area contributed by atoms with Crippen LogP contribution in [0.1, 0.15) is 6.42 Å². The molecule has 1 aromatic carbocycles. The Kier molecular flexibility index (Phi) is 4.52. The fraction of sp³-hybridized carbons (Fsp3) is 0.308. The second kappa shape index (κ2) is 6.35. The van der Waals surface area contributed by atoms with Gasteiger partial charge in [-0.05, 0) is 30.7 Å². The minimum atomic E-state index is 0.710. The number of aromatic nitrogens is 2. The molecular formula is C13H17N3OS. The van der Waals surface area contributed by atoms with E-state index >= 15 is 0 Å². The summed E-state index contributed by atoms with van der Waals surface area (Å²) < 4.78 is 7.63. The van der Waals surface area contributed by atoms with Crippen molar-refractivity contribution < 1.29 is 4.74 Å². The SMILES string of the molecule is Cn1ccnc1SCCCOc1ccc(N)cc1. The van der Waals surface area contributed by atoms with Crippen LogP contribution in [0.5, 0.6) is 5.75 Å². The first kappa shape index (κ1) is 12.8. The molecule has 0 saturated carbocycles. The third-order valence-corrected chi connectivity index (χ3v) is 3.59. The lowest BCUT2D eigenvalue weighted by Gasteiger charge is -2.06. The lowest BCUT2D eigenvalue weighted by molar-refractivity contribution is 0.319. The molecule has 0 fully saturated rings. The average molecular weight is 263 g/mol. The highest BCUT2D eigenvalue weighted by atomic mass is 32.2. The van der Waals surface area contributed by atoms with Crippen molar-refractivity contribution in [3.05, 3.63) is 36.7 Å². The molecular weight excluding hydrogens is 246 g/mol. The van der Waals surface area contributed by atoms with Gasteiger partial charge in [0.2, 0.25) is 0 Å². The zero-order valence-electron chi connectivity index (χ0n) is 10.4. The molecule has 0 amide bonds. The van der Waals surface area contributed by atoms with Crippen LogP contribution in [0.15, 0.2) is 41.8 Å². The number of ether oxygens (including phenoxy) is 1. The maximum atomic E-state index is 5.61. The van der Waals surface area contributed by atoms with Crippen LogP contribution in [0, 0.1) is 0 Å². The van der Waals surface area contributed by atoms with Gasteiger partial charge in [0.15, 0.2) is 5.16 Å². The monoisotopic (exact) mass is 263 g/mol. The number of anilines is 1. The predicted octanol–water partition coefficient (Wildman–Crippen LogP) is 2.56. The Morgan fingerprint density at radius 2 is 2.11 bits per heavy atom. The van der Waals surface area contributed by atoms with E-state index < -0.39 is 0 Å². The predicted molar refractivity (Wildman–Crippen MR) is 74.9 cm³/mol. The number of benzene rings is 1. The van der Waals surface area contributed by atoms with Gasteiger partial charge in [-0.25, -0.2) is 4.98 Å². The van der Waals surface area contributed by atoms with E-state index in [4.69, 9.17) is 10.5 Å². The summed E-state index contributed by atoms with van der Waals surface area (Å²) in [6.45, 7) is 0.710. The molecule has 0 atom stereocenters. The van der Waals surface area contributed by atoms with Gasteiger partial charge in [0.1, 0.15) is 5.75 Å². The summed E-state index contributed by atoms with van der Waals surface area (Å²) in [5.41, 5.74) is 6.36. The number of aryl methyl sites for hydroxylation is 1. The van der Waals surface area contributed by atoms with Crippen LogP contribution in [0.25, 0.3) is 0 Å². The largest absolute Gasteiger partial charge is 0.494 e. The summed E-state index contributed by atoms with van der Waals surface area (Å²) in [6, 6.07) is 7.47. The molecule has 0 unspecified atom stereocenters. The lowest BCUT2D eigenvalue weighted by atomic mass is 10.3. The van der Waals surface area contributed by atoms with E-state index in [2.05, 4.69) is 4.98 Å². The van der Waals surface area contributed by atoms with E-state index in [1.54, 1.807) is 11.8 Å². The Morgan fingerprint density at radius 1 is 1.33 bits per heavy atom. The molecule has 96 valence electrons. The molecule has 0 radical (unpaired) electrons. The number of nitrogen functional groups attached to an aromatic ring is 1. The van der Waals surface area contributed by atoms with Gasteiger partial charge in [-0.1, -0.05) is 11.8 Å². The Morgan fingerprint density at radius 3 is 2.78 bits per heavy atom. The molecule has 0 aliphatic rings. The van der Waals surface area contributed by atoms with Crippen molar-refractivity contribution in [1.82, 2.24) is 9.55 Å². The molecule has 0 spiro atoms. The van der Waals surface area contributed by atoms with E-state index in [0.29, 0.717) is 6.61 Å². The number of hydrogen-bond donors (Lipinski definition) is 1.